The maximum absolute atomic E-state index is 13.2. The Morgan fingerprint density at radius 3 is 2.45 bits per heavy atom. The summed E-state index contributed by atoms with van der Waals surface area (Å²) in [6.07, 6.45) is -4.48. The quantitative estimate of drug-likeness (QED) is 0.580. The largest absolute Gasteiger partial charge is 0.416 e. The van der Waals surface area contributed by atoms with E-state index in [4.69, 9.17) is 5.11 Å². The molecule has 0 aliphatic carbocycles. The summed E-state index contributed by atoms with van der Waals surface area (Å²) in [5.41, 5.74) is 1.92. The molecule has 1 aliphatic rings. The van der Waals surface area contributed by atoms with Gasteiger partial charge < -0.3 is 10.2 Å². The number of nitrogens with zero attached hydrogens (tertiary/aromatic N) is 2. The van der Waals surface area contributed by atoms with E-state index in [-0.39, 0.29) is 11.4 Å². The average molecular weight is 478 g/mol. The van der Waals surface area contributed by atoms with Crippen molar-refractivity contribution in [1.82, 2.24) is 4.98 Å². The fraction of sp³-hybridized carbons (Fsp3) is 0.261. The lowest BCUT2D eigenvalue weighted by atomic mass is 9.99. The van der Waals surface area contributed by atoms with Crippen molar-refractivity contribution in [3.63, 3.8) is 0 Å². The molecule has 4 rings (SSSR count). The van der Waals surface area contributed by atoms with E-state index in [1.807, 2.05) is 6.07 Å². The number of sulfonamides is 1. The third-order valence-corrected chi connectivity index (χ3v) is 7.33. The number of halogens is 3. The number of aliphatic hydroxyl groups is 2. The normalized spacial score (nSPS) is 15.2. The lowest BCUT2D eigenvalue weighted by molar-refractivity contribution is -0.137. The number of pyridine rings is 1. The van der Waals surface area contributed by atoms with Gasteiger partial charge in [0.25, 0.3) is 10.0 Å². The number of aryl methyl sites for hydroxylation is 1. The zero-order chi connectivity index (χ0) is 23.8. The molecule has 3 aromatic rings. The summed E-state index contributed by atoms with van der Waals surface area (Å²) in [7, 11) is -4.05. The van der Waals surface area contributed by atoms with Crippen molar-refractivity contribution in [2.45, 2.75) is 30.0 Å². The van der Waals surface area contributed by atoms with E-state index in [1.54, 1.807) is 30.3 Å². The van der Waals surface area contributed by atoms with Gasteiger partial charge in [-0.25, -0.2) is 13.4 Å². The monoisotopic (exact) mass is 478 g/mol. The standard InChI is InChI=1S/C23H21F3N2O4S/c24-23(25,26)17-7-9-18(10-8-17)33(31,32)28-12-2-3-16-13-15(6-11-21(16)28)19-4-1-5-20(27-19)22(30)14-29/h1,4-11,13,22,29-30H,2-3,12,14H2/t22-/m1/s1. The number of hydrogen-bond donors (Lipinski definition) is 2. The lowest BCUT2D eigenvalue weighted by Crippen LogP contribution is -2.35. The van der Waals surface area contributed by atoms with E-state index < -0.39 is 34.5 Å². The van der Waals surface area contributed by atoms with E-state index in [0.717, 1.165) is 35.4 Å². The molecule has 0 amide bonds. The minimum atomic E-state index is -4.55. The predicted octanol–water partition coefficient (Wildman–Crippen LogP) is 3.93. The van der Waals surface area contributed by atoms with Gasteiger partial charge in [0, 0.05) is 12.1 Å². The Balaban J connectivity index is 1.67. The van der Waals surface area contributed by atoms with Crippen molar-refractivity contribution >= 4 is 15.7 Å². The summed E-state index contributed by atoms with van der Waals surface area (Å²) in [6.45, 7) is -0.246. The minimum Gasteiger partial charge on any atom is -0.393 e. The average Bonchev–Trinajstić information content (AvgIpc) is 2.82. The Hall–Kier alpha value is -2.95. The fourth-order valence-electron chi connectivity index (χ4n) is 3.81. The molecular weight excluding hydrogens is 457 g/mol. The molecule has 0 fully saturated rings. The third kappa shape index (κ3) is 4.59. The molecule has 2 aromatic carbocycles. The van der Waals surface area contributed by atoms with E-state index >= 15 is 0 Å². The Labute approximate surface area is 189 Å². The highest BCUT2D eigenvalue weighted by Crippen LogP contribution is 2.36. The first-order chi connectivity index (χ1) is 15.6. The second-order valence-electron chi connectivity index (χ2n) is 7.69. The molecule has 1 aromatic heterocycles. The molecule has 2 N–H and O–H groups in total. The van der Waals surface area contributed by atoms with Crippen molar-refractivity contribution in [2.24, 2.45) is 0 Å². The lowest BCUT2D eigenvalue weighted by Gasteiger charge is -2.31. The number of aromatic nitrogens is 1. The number of hydrogen-bond acceptors (Lipinski definition) is 5. The molecule has 0 bridgehead atoms. The molecule has 0 radical (unpaired) electrons. The third-order valence-electron chi connectivity index (χ3n) is 5.51. The minimum absolute atomic E-state index is 0.209. The van der Waals surface area contributed by atoms with Crippen LogP contribution in [0.1, 0.15) is 29.3 Å². The number of rotatable bonds is 5. The van der Waals surface area contributed by atoms with Gasteiger partial charge in [0.05, 0.1) is 34.1 Å². The van der Waals surface area contributed by atoms with E-state index in [0.29, 0.717) is 29.9 Å². The smallest absolute Gasteiger partial charge is 0.393 e. The van der Waals surface area contributed by atoms with Crippen LogP contribution in [0.3, 0.4) is 0 Å². The second kappa shape index (κ2) is 8.77. The zero-order valence-corrected chi connectivity index (χ0v) is 18.1. The van der Waals surface area contributed by atoms with Gasteiger partial charge in [-0.1, -0.05) is 12.1 Å². The van der Waals surface area contributed by atoms with Crippen molar-refractivity contribution in [3.05, 3.63) is 77.5 Å². The Kier molecular flexibility index (Phi) is 6.17. The summed E-state index contributed by atoms with van der Waals surface area (Å²) in [4.78, 5) is 4.16. The Morgan fingerprint density at radius 2 is 1.79 bits per heavy atom. The molecule has 2 heterocycles. The van der Waals surface area contributed by atoms with Gasteiger partial charge in [-0.15, -0.1) is 0 Å². The summed E-state index contributed by atoms with van der Waals surface area (Å²) in [5.74, 6) is 0. The molecule has 0 saturated carbocycles. The second-order valence-corrected chi connectivity index (χ2v) is 9.55. The zero-order valence-electron chi connectivity index (χ0n) is 17.3. The van der Waals surface area contributed by atoms with Crippen LogP contribution < -0.4 is 4.31 Å². The SMILES string of the molecule is O=S(=O)(c1ccc(C(F)(F)F)cc1)N1CCCc2cc(-c3cccc([C@H](O)CO)n3)ccc21. The summed E-state index contributed by atoms with van der Waals surface area (Å²) >= 11 is 0. The van der Waals surface area contributed by atoms with Gasteiger partial charge in [0.1, 0.15) is 6.10 Å². The van der Waals surface area contributed by atoms with Gasteiger partial charge in [0.2, 0.25) is 0 Å². The van der Waals surface area contributed by atoms with E-state index in [2.05, 4.69) is 4.98 Å². The summed E-state index contributed by atoms with van der Waals surface area (Å²) in [5, 5.41) is 19.0. The molecule has 0 unspecified atom stereocenters. The van der Waals surface area contributed by atoms with Crippen molar-refractivity contribution in [2.75, 3.05) is 17.5 Å². The van der Waals surface area contributed by atoms with Gasteiger partial charge in [-0.3, -0.25) is 4.31 Å². The molecule has 33 heavy (non-hydrogen) atoms. The Morgan fingerprint density at radius 1 is 1.06 bits per heavy atom. The first-order valence-corrected chi connectivity index (χ1v) is 11.6. The molecule has 6 nitrogen and oxygen atoms in total. The van der Waals surface area contributed by atoms with Crippen LogP contribution in [0.5, 0.6) is 0 Å². The topological polar surface area (TPSA) is 90.7 Å². The molecule has 1 aliphatic heterocycles. The van der Waals surface area contributed by atoms with E-state index in [1.165, 1.54) is 4.31 Å². The van der Waals surface area contributed by atoms with Crippen LogP contribution in [0.25, 0.3) is 11.3 Å². The van der Waals surface area contributed by atoms with Crippen molar-refractivity contribution in [3.8, 4) is 11.3 Å². The highest BCUT2D eigenvalue weighted by molar-refractivity contribution is 7.92. The predicted molar refractivity (Wildman–Crippen MR) is 116 cm³/mol. The van der Waals surface area contributed by atoms with Gasteiger partial charge >= 0.3 is 6.18 Å². The molecule has 174 valence electrons. The summed E-state index contributed by atoms with van der Waals surface area (Å²) in [6, 6.07) is 13.7. The van der Waals surface area contributed by atoms with Crippen LogP contribution in [-0.4, -0.2) is 36.8 Å². The van der Waals surface area contributed by atoms with Crippen LogP contribution in [0.15, 0.2) is 65.6 Å². The van der Waals surface area contributed by atoms with Crippen molar-refractivity contribution < 1.29 is 31.8 Å². The maximum atomic E-state index is 13.2. The Bertz CT molecular complexity index is 1260. The number of aliphatic hydroxyl groups excluding tert-OH is 2. The van der Waals surface area contributed by atoms with Crippen LogP contribution in [-0.2, 0) is 22.6 Å². The van der Waals surface area contributed by atoms with Gasteiger partial charge in [0.15, 0.2) is 0 Å². The molecule has 0 spiro atoms. The first kappa shape index (κ1) is 23.2. The van der Waals surface area contributed by atoms with Crippen LogP contribution in [0, 0.1) is 0 Å². The fourth-order valence-corrected chi connectivity index (χ4v) is 5.35. The molecule has 10 heteroatoms. The first-order valence-electron chi connectivity index (χ1n) is 10.2. The molecule has 1 atom stereocenters. The maximum Gasteiger partial charge on any atom is 0.416 e. The van der Waals surface area contributed by atoms with Gasteiger partial charge in [-0.2, -0.15) is 13.2 Å². The molecule has 0 saturated heterocycles. The van der Waals surface area contributed by atoms with Crippen LogP contribution in [0.4, 0.5) is 18.9 Å². The number of fused-ring (bicyclic) bond motifs is 1. The van der Waals surface area contributed by atoms with Crippen LogP contribution in [0.2, 0.25) is 0 Å². The highest BCUT2D eigenvalue weighted by Gasteiger charge is 2.33. The number of anilines is 1. The van der Waals surface area contributed by atoms with Gasteiger partial charge in [-0.05, 0) is 66.9 Å². The van der Waals surface area contributed by atoms with E-state index in [9.17, 15) is 26.7 Å². The molecular formula is C23H21F3N2O4S. The summed E-state index contributed by atoms with van der Waals surface area (Å²) < 4.78 is 66.2. The van der Waals surface area contributed by atoms with Crippen molar-refractivity contribution in [1.29, 1.82) is 0 Å². The highest BCUT2D eigenvalue weighted by atomic mass is 32.2. The number of alkyl halides is 3. The number of benzene rings is 2. The van der Waals surface area contributed by atoms with Crippen LogP contribution >= 0.6 is 0 Å².